The van der Waals surface area contributed by atoms with E-state index in [1.807, 2.05) is 48.5 Å². The molecule has 0 spiro atoms. The third-order valence-electron chi connectivity index (χ3n) is 4.57. The number of nitrogen functional groups attached to an aromatic ring is 1. The van der Waals surface area contributed by atoms with Gasteiger partial charge in [0.15, 0.2) is 0 Å². The standard InChI is InChI=1S/C20H22N6O2S/c21-19-23-20(25-24-19)29-13-14-1-3-15(4-2-14)18(27)22-16-5-7-17(8-6-16)26-9-11-28-12-10-26/h1-8H,9-13H2,(H,22,27)(H3,21,23,24,25). The number of carbonyl (C=O) groups is 1. The molecule has 3 aromatic rings. The van der Waals surface area contributed by atoms with Crippen molar-refractivity contribution in [1.82, 2.24) is 15.2 Å². The normalized spacial score (nSPS) is 14.0. The number of nitrogens with one attached hydrogen (secondary N) is 2. The van der Waals surface area contributed by atoms with E-state index < -0.39 is 0 Å². The second-order valence-electron chi connectivity index (χ2n) is 6.59. The van der Waals surface area contributed by atoms with Gasteiger partial charge in [0.1, 0.15) is 0 Å². The number of hydrogen-bond donors (Lipinski definition) is 3. The molecule has 0 atom stereocenters. The molecule has 1 amide bonds. The van der Waals surface area contributed by atoms with Crippen LogP contribution in [-0.2, 0) is 10.5 Å². The van der Waals surface area contributed by atoms with E-state index in [1.54, 1.807) is 0 Å². The van der Waals surface area contributed by atoms with E-state index in [4.69, 9.17) is 10.5 Å². The lowest BCUT2D eigenvalue weighted by Gasteiger charge is -2.28. The van der Waals surface area contributed by atoms with Crippen LogP contribution in [-0.4, -0.2) is 47.4 Å². The summed E-state index contributed by atoms with van der Waals surface area (Å²) in [6, 6.07) is 15.4. The van der Waals surface area contributed by atoms with E-state index in [-0.39, 0.29) is 5.91 Å². The van der Waals surface area contributed by atoms with Gasteiger partial charge in [0.25, 0.3) is 5.91 Å². The molecule has 29 heavy (non-hydrogen) atoms. The Labute approximate surface area is 172 Å². The topological polar surface area (TPSA) is 109 Å². The number of H-pyrrole nitrogens is 1. The molecule has 0 radical (unpaired) electrons. The summed E-state index contributed by atoms with van der Waals surface area (Å²) in [6.45, 7) is 3.28. The van der Waals surface area contributed by atoms with E-state index in [1.165, 1.54) is 11.8 Å². The molecule has 150 valence electrons. The Morgan fingerprint density at radius 2 is 1.86 bits per heavy atom. The van der Waals surface area contributed by atoms with Gasteiger partial charge >= 0.3 is 0 Å². The Balaban J connectivity index is 1.32. The minimum Gasteiger partial charge on any atom is -0.378 e. The fraction of sp³-hybridized carbons (Fsp3) is 0.250. The fourth-order valence-electron chi connectivity index (χ4n) is 3.00. The lowest BCUT2D eigenvalue weighted by atomic mass is 10.1. The predicted octanol–water partition coefficient (Wildman–Crippen LogP) is 2.77. The molecule has 1 aromatic heterocycles. The molecule has 2 heterocycles. The molecule has 1 aliphatic heterocycles. The molecule has 1 saturated heterocycles. The maximum Gasteiger partial charge on any atom is 0.255 e. The Kier molecular flexibility index (Phi) is 5.97. The van der Waals surface area contributed by atoms with Gasteiger partial charge in [0.2, 0.25) is 11.1 Å². The largest absolute Gasteiger partial charge is 0.378 e. The third-order valence-corrected chi connectivity index (χ3v) is 5.49. The van der Waals surface area contributed by atoms with Crippen molar-refractivity contribution < 1.29 is 9.53 Å². The van der Waals surface area contributed by atoms with Gasteiger partial charge in [-0.2, -0.15) is 4.98 Å². The summed E-state index contributed by atoms with van der Waals surface area (Å²) >= 11 is 1.48. The van der Waals surface area contributed by atoms with Crippen LogP contribution < -0.4 is 16.0 Å². The lowest BCUT2D eigenvalue weighted by molar-refractivity contribution is 0.102. The van der Waals surface area contributed by atoms with Crippen molar-refractivity contribution in [2.45, 2.75) is 10.9 Å². The van der Waals surface area contributed by atoms with E-state index in [2.05, 4.69) is 25.4 Å². The molecule has 0 unspecified atom stereocenters. The number of carbonyl (C=O) groups excluding carboxylic acids is 1. The Hall–Kier alpha value is -3.04. The van der Waals surface area contributed by atoms with Crippen molar-refractivity contribution in [3.8, 4) is 0 Å². The first kappa shape index (κ1) is 19.3. The van der Waals surface area contributed by atoms with E-state index in [9.17, 15) is 4.79 Å². The highest BCUT2D eigenvalue weighted by Gasteiger charge is 2.12. The Bertz CT molecular complexity index is 952. The maximum atomic E-state index is 12.5. The van der Waals surface area contributed by atoms with Crippen LogP contribution in [0.15, 0.2) is 53.7 Å². The number of nitrogens with two attached hydrogens (primary N) is 1. The number of benzene rings is 2. The highest BCUT2D eigenvalue weighted by Crippen LogP contribution is 2.21. The van der Waals surface area contributed by atoms with Gasteiger partial charge in [-0.15, -0.1) is 5.10 Å². The molecule has 0 bridgehead atoms. The first-order valence-electron chi connectivity index (χ1n) is 9.31. The molecule has 0 saturated carbocycles. The van der Waals surface area contributed by atoms with Crippen molar-refractivity contribution in [2.24, 2.45) is 0 Å². The van der Waals surface area contributed by atoms with E-state index >= 15 is 0 Å². The second-order valence-corrected chi connectivity index (χ2v) is 7.53. The van der Waals surface area contributed by atoms with Gasteiger partial charge in [-0.05, 0) is 42.0 Å². The summed E-state index contributed by atoms with van der Waals surface area (Å²) in [5.41, 5.74) is 9.11. The van der Waals surface area contributed by atoms with Crippen molar-refractivity contribution in [2.75, 3.05) is 42.3 Å². The average Bonchev–Trinajstić information content (AvgIpc) is 3.19. The molecule has 0 aliphatic carbocycles. The minimum absolute atomic E-state index is 0.134. The zero-order valence-corrected chi connectivity index (χ0v) is 16.6. The summed E-state index contributed by atoms with van der Waals surface area (Å²) in [7, 11) is 0. The average molecular weight is 411 g/mol. The number of anilines is 3. The van der Waals surface area contributed by atoms with Crippen LogP contribution in [0.25, 0.3) is 0 Å². The van der Waals surface area contributed by atoms with E-state index in [0.29, 0.717) is 22.4 Å². The molecular weight excluding hydrogens is 388 g/mol. The predicted molar refractivity (Wildman–Crippen MR) is 114 cm³/mol. The lowest BCUT2D eigenvalue weighted by Crippen LogP contribution is -2.36. The van der Waals surface area contributed by atoms with Crippen LogP contribution in [0, 0.1) is 0 Å². The number of morpholine rings is 1. The summed E-state index contributed by atoms with van der Waals surface area (Å²) in [4.78, 5) is 18.8. The van der Waals surface area contributed by atoms with Crippen LogP contribution in [0.5, 0.6) is 0 Å². The Morgan fingerprint density at radius 3 is 2.52 bits per heavy atom. The zero-order chi connectivity index (χ0) is 20.1. The highest BCUT2D eigenvalue weighted by atomic mass is 32.2. The van der Waals surface area contributed by atoms with Crippen molar-refractivity contribution in [1.29, 1.82) is 0 Å². The number of nitrogens with zero attached hydrogens (tertiary/aromatic N) is 3. The van der Waals surface area contributed by atoms with Crippen molar-refractivity contribution in [3.05, 3.63) is 59.7 Å². The minimum atomic E-state index is -0.134. The van der Waals surface area contributed by atoms with Crippen LogP contribution in [0.1, 0.15) is 15.9 Å². The fourth-order valence-corrected chi connectivity index (χ4v) is 3.76. The smallest absolute Gasteiger partial charge is 0.255 e. The molecule has 1 fully saturated rings. The summed E-state index contributed by atoms with van der Waals surface area (Å²) in [5.74, 6) is 0.866. The molecule has 4 rings (SSSR count). The molecule has 2 aromatic carbocycles. The van der Waals surface area contributed by atoms with Crippen LogP contribution in [0.2, 0.25) is 0 Å². The van der Waals surface area contributed by atoms with Crippen LogP contribution in [0.3, 0.4) is 0 Å². The second kappa shape index (κ2) is 8.97. The van der Waals surface area contributed by atoms with Gasteiger partial charge in [-0.1, -0.05) is 23.9 Å². The van der Waals surface area contributed by atoms with Crippen LogP contribution >= 0.6 is 11.8 Å². The number of rotatable bonds is 6. The van der Waals surface area contributed by atoms with Gasteiger partial charge in [-0.3, -0.25) is 4.79 Å². The summed E-state index contributed by atoms with van der Waals surface area (Å²) < 4.78 is 5.38. The SMILES string of the molecule is Nc1nc(SCc2ccc(C(=O)Nc3ccc(N4CCOCC4)cc3)cc2)n[nH]1. The number of ether oxygens (including phenoxy) is 1. The monoisotopic (exact) mass is 410 g/mol. The number of aromatic nitrogens is 3. The maximum absolute atomic E-state index is 12.5. The van der Waals surface area contributed by atoms with Gasteiger partial charge in [-0.25, -0.2) is 5.10 Å². The first-order chi connectivity index (χ1) is 14.2. The van der Waals surface area contributed by atoms with Gasteiger partial charge < -0.3 is 20.7 Å². The number of hydrogen-bond acceptors (Lipinski definition) is 7. The molecule has 4 N–H and O–H groups in total. The summed E-state index contributed by atoms with van der Waals surface area (Å²) in [5, 5.41) is 10.1. The molecule has 8 nitrogen and oxygen atoms in total. The molecule has 9 heteroatoms. The highest BCUT2D eigenvalue weighted by molar-refractivity contribution is 7.98. The quantitative estimate of drug-likeness (QED) is 0.536. The summed E-state index contributed by atoms with van der Waals surface area (Å²) in [6.07, 6.45) is 0. The molecule has 1 aliphatic rings. The third kappa shape index (κ3) is 5.07. The first-order valence-corrected chi connectivity index (χ1v) is 10.3. The van der Waals surface area contributed by atoms with E-state index in [0.717, 1.165) is 43.2 Å². The molecular formula is C20H22N6O2S. The zero-order valence-electron chi connectivity index (χ0n) is 15.8. The van der Waals surface area contributed by atoms with Gasteiger partial charge in [0.05, 0.1) is 13.2 Å². The number of thioether (sulfide) groups is 1. The number of amides is 1. The van der Waals surface area contributed by atoms with Crippen molar-refractivity contribution in [3.63, 3.8) is 0 Å². The van der Waals surface area contributed by atoms with Crippen molar-refractivity contribution >= 4 is 35.0 Å². The van der Waals surface area contributed by atoms with Crippen LogP contribution in [0.4, 0.5) is 17.3 Å². The Morgan fingerprint density at radius 1 is 1.14 bits per heavy atom. The van der Waals surface area contributed by atoms with Gasteiger partial charge in [0, 0.05) is 35.8 Å². The number of aromatic amines is 1.